The van der Waals surface area contributed by atoms with Crippen molar-refractivity contribution in [3.63, 3.8) is 0 Å². The van der Waals surface area contributed by atoms with Gasteiger partial charge in [0.1, 0.15) is 11.6 Å². The van der Waals surface area contributed by atoms with Crippen molar-refractivity contribution < 1.29 is 23.7 Å². The molecular formula is C26H35N3O5Si. The van der Waals surface area contributed by atoms with Crippen molar-refractivity contribution in [2.24, 2.45) is 5.11 Å². The van der Waals surface area contributed by atoms with E-state index in [-0.39, 0.29) is 11.6 Å². The minimum absolute atomic E-state index is 0.234. The van der Waals surface area contributed by atoms with Crippen molar-refractivity contribution in [1.82, 2.24) is 0 Å². The Morgan fingerprint density at radius 2 is 1.46 bits per heavy atom. The average Bonchev–Trinajstić information content (AvgIpc) is 3.04. The van der Waals surface area contributed by atoms with Crippen molar-refractivity contribution in [3.05, 3.63) is 71.1 Å². The van der Waals surface area contributed by atoms with Crippen molar-refractivity contribution in [2.45, 2.75) is 82.5 Å². The molecule has 4 rings (SSSR count). The highest BCUT2D eigenvalue weighted by atomic mass is 28.4. The average molecular weight is 498 g/mol. The molecule has 1 N–H and O–H groups in total. The fraction of sp³-hybridized carbons (Fsp3) is 0.538. The Bertz CT molecular complexity index is 1080. The monoisotopic (exact) mass is 497 g/mol. The Labute approximate surface area is 207 Å². The maximum absolute atomic E-state index is 11.9. The lowest BCUT2D eigenvalue weighted by Gasteiger charge is -2.45. The second kappa shape index (κ2) is 8.42. The van der Waals surface area contributed by atoms with Crippen LogP contribution in [0.2, 0.25) is 5.04 Å². The normalized spacial score (nSPS) is 32.2. The molecule has 0 spiro atoms. The van der Waals surface area contributed by atoms with Gasteiger partial charge in [0, 0.05) is 4.91 Å². The fourth-order valence-electron chi connectivity index (χ4n) is 5.78. The molecule has 0 aromatic heterocycles. The molecule has 2 aliphatic heterocycles. The van der Waals surface area contributed by atoms with Crippen LogP contribution in [0, 0.1) is 0 Å². The number of nitrogens with zero attached hydrogens (tertiary/aromatic N) is 3. The van der Waals surface area contributed by atoms with Crippen molar-refractivity contribution >= 4 is 18.7 Å². The van der Waals surface area contributed by atoms with Gasteiger partial charge in [0.05, 0.1) is 6.61 Å². The first-order valence-corrected chi connectivity index (χ1v) is 13.8. The molecule has 2 aliphatic rings. The van der Waals surface area contributed by atoms with E-state index < -0.39 is 37.3 Å². The summed E-state index contributed by atoms with van der Waals surface area (Å²) in [6.07, 6.45) is 0. The molecule has 0 aliphatic carbocycles. The molecule has 0 saturated carbocycles. The van der Waals surface area contributed by atoms with Crippen molar-refractivity contribution in [1.29, 1.82) is 0 Å². The highest BCUT2D eigenvalue weighted by Gasteiger charge is 2.75. The van der Waals surface area contributed by atoms with Gasteiger partial charge in [-0.15, -0.1) is 0 Å². The topological polar surface area (TPSA) is 106 Å². The molecule has 0 radical (unpaired) electrons. The number of azide groups is 1. The molecule has 1 unspecified atom stereocenters. The van der Waals surface area contributed by atoms with Gasteiger partial charge in [0.25, 0.3) is 8.32 Å². The lowest BCUT2D eigenvalue weighted by Crippen LogP contribution is -2.68. The Hall–Kier alpha value is -2.23. The predicted molar refractivity (Wildman–Crippen MR) is 136 cm³/mol. The molecule has 2 heterocycles. The predicted octanol–water partition coefficient (Wildman–Crippen LogP) is 4.22. The van der Waals surface area contributed by atoms with Crippen LogP contribution in [-0.2, 0) is 18.6 Å². The van der Waals surface area contributed by atoms with Crippen LogP contribution in [0.4, 0.5) is 0 Å². The Balaban J connectivity index is 1.80. The Morgan fingerprint density at radius 3 is 1.91 bits per heavy atom. The van der Waals surface area contributed by atoms with Crippen LogP contribution < -0.4 is 10.4 Å². The molecule has 2 fully saturated rings. The Morgan fingerprint density at radius 1 is 0.943 bits per heavy atom. The van der Waals surface area contributed by atoms with Gasteiger partial charge < -0.3 is 23.7 Å². The SMILES string of the molecule is CC1(C)OC2(C)O[C@](O)(CO[Si](c3ccccc3)(c3ccccc3)C(C)(C)C)[C@@H](N=[N+]=[N-])[C@@]2(C)O1. The van der Waals surface area contributed by atoms with Crippen LogP contribution in [0.25, 0.3) is 10.4 Å². The van der Waals surface area contributed by atoms with Crippen LogP contribution in [-0.4, -0.2) is 49.0 Å². The van der Waals surface area contributed by atoms with Crippen LogP contribution in [0.3, 0.4) is 0 Å². The summed E-state index contributed by atoms with van der Waals surface area (Å²) in [6, 6.07) is 19.1. The van der Waals surface area contributed by atoms with Gasteiger partial charge in [-0.1, -0.05) is 86.5 Å². The zero-order chi connectivity index (χ0) is 25.8. The molecule has 35 heavy (non-hydrogen) atoms. The van der Waals surface area contributed by atoms with Gasteiger partial charge in [-0.2, -0.15) is 0 Å². The first kappa shape index (κ1) is 25.8. The van der Waals surface area contributed by atoms with Crippen LogP contribution in [0.15, 0.2) is 65.8 Å². The number of fused-ring (bicyclic) bond motifs is 1. The summed E-state index contributed by atoms with van der Waals surface area (Å²) in [5.74, 6) is -4.30. The zero-order valence-electron chi connectivity index (χ0n) is 21.5. The van der Waals surface area contributed by atoms with Gasteiger partial charge in [-0.3, -0.25) is 0 Å². The third kappa shape index (κ3) is 4.01. The van der Waals surface area contributed by atoms with Gasteiger partial charge in [0.2, 0.25) is 11.6 Å². The van der Waals surface area contributed by atoms with E-state index in [9.17, 15) is 10.6 Å². The highest BCUT2D eigenvalue weighted by molar-refractivity contribution is 6.99. The van der Waals surface area contributed by atoms with E-state index in [1.54, 1.807) is 27.7 Å². The number of hydrogen-bond donors (Lipinski definition) is 1. The summed E-state index contributed by atoms with van der Waals surface area (Å²) in [6.45, 7) is 13.2. The number of ether oxygens (including phenoxy) is 3. The third-order valence-corrected chi connectivity index (χ3v) is 12.2. The van der Waals surface area contributed by atoms with Gasteiger partial charge in [-0.25, -0.2) is 0 Å². The van der Waals surface area contributed by atoms with Gasteiger partial charge in [0.15, 0.2) is 5.79 Å². The molecule has 0 bridgehead atoms. The smallest absolute Gasteiger partial charge is 0.261 e. The van der Waals surface area contributed by atoms with E-state index in [0.717, 1.165) is 10.4 Å². The summed E-state index contributed by atoms with van der Waals surface area (Å²) in [4.78, 5) is 3.01. The summed E-state index contributed by atoms with van der Waals surface area (Å²) < 4.78 is 25.3. The lowest BCUT2D eigenvalue weighted by molar-refractivity contribution is -0.326. The first-order chi connectivity index (χ1) is 16.2. The highest BCUT2D eigenvalue weighted by Crippen LogP contribution is 2.56. The second-order valence-corrected chi connectivity index (χ2v) is 15.5. The Kier molecular flexibility index (Phi) is 6.22. The molecule has 8 nitrogen and oxygen atoms in total. The molecule has 4 atom stereocenters. The molecule has 9 heteroatoms. The molecule has 188 valence electrons. The minimum Gasteiger partial charge on any atom is -0.402 e. The van der Waals surface area contributed by atoms with E-state index in [1.165, 1.54) is 0 Å². The van der Waals surface area contributed by atoms with Gasteiger partial charge >= 0.3 is 0 Å². The summed E-state index contributed by atoms with van der Waals surface area (Å²) in [5.41, 5.74) is 8.15. The summed E-state index contributed by atoms with van der Waals surface area (Å²) in [7, 11) is -2.99. The number of aliphatic hydroxyl groups is 1. The van der Waals surface area contributed by atoms with Crippen LogP contribution in [0.1, 0.15) is 48.5 Å². The summed E-state index contributed by atoms with van der Waals surface area (Å²) >= 11 is 0. The number of rotatable bonds is 6. The lowest BCUT2D eigenvalue weighted by atomic mass is 9.88. The molecule has 2 aromatic rings. The quantitative estimate of drug-likeness (QED) is 0.278. The first-order valence-electron chi connectivity index (χ1n) is 11.9. The fourth-order valence-corrected chi connectivity index (χ4v) is 10.4. The zero-order valence-corrected chi connectivity index (χ0v) is 22.5. The number of benzene rings is 2. The third-order valence-electron chi connectivity index (χ3n) is 7.20. The van der Waals surface area contributed by atoms with E-state index in [1.807, 2.05) is 36.4 Å². The maximum Gasteiger partial charge on any atom is 0.261 e. The molecule has 2 aromatic carbocycles. The second-order valence-electron chi connectivity index (χ2n) is 11.2. The molecule has 0 amide bonds. The van der Waals surface area contributed by atoms with E-state index in [0.29, 0.717) is 0 Å². The van der Waals surface area contributed by atoms with E-state index in [2.05, 4.69) is 55.1 Å². The molecule has 2 saturated heterocycles. The largest absolute Gasteiger partial charge is 0.402 e. The van der Waals surface area contributed by atoms with E-state index >= 15 is 0 Å². The van der Waals surface area contributed by atoms with E-state index in [4.69, 9.17) is 18.6 Å². The molecular weight excluding hydrogens is 462 g/mol. The minimum atomic E-state index is -2.99. The standard InChI is InChI=1S/C26H35N3O5Si/c1-22(2,3)35(19-14-10-8-11-15-19,20-16-12-9-13-17-20)31-18-26(30)21(28-29-27)24(6)25(7,34-26)33-23(4,5)32-24/h8-17,21,30H,18H2,1-7H3/t21-,24+,25?,26+/m0/s1. The van der Waals surface area contributed by atoms with Crippen molar-refractivity contribution in [3.8, 4) is 0 Å². The van der Waals surface area contributed by atoms with Crippen molar-refractivity contribution in [2.75, 3.05) is 6.61 Å². The maximum atomic E-state index is 11.9. The van der Waals surface area contributed by atoms with Crippen LogP contribution in [0.5, 0.6) is 0 Å². The van der Waals surface area contributed by atoms with Gasteiger partial charge in [-0.05, 0) is 48.6 Å². The van der Waals surface area contributed by atoms with Crippen LogP contribution >= 0.6 is 0 Å². The number of hydrogen-bond acceptors (Lipinski definition) is 6. The summed E-state index contributed by atoms with van der Waals surface area (Å²) in [5, 5.41) is 17.6.